The minimum Gasteiger partial charge on any atom is -0.388 e. The van der Waals surface area contributed by atoms with Gasteiger partial charge in [0.25, 0.3) is 0 Å². The Labute approximate surface area is 218 Å². The minimum atomic E-state index is -5.33. The summed E-state index contributed by atoms with van der Waals surface area (Å²) < 4.78 is 49.6. The second-order valence-corrected chi connectivity index (χ2v) is 11.6. The van der Waals surface area contributed by atoms with Crippen molar-refractivity contribution in [1.29, 1.82) is 0 Å². The van der Waals surface area contributed by atoms with E-state index >= 15 is 0 Å². The molecule has 2 aliphatic rings. The van der Waals surface area contributed by atoms with E-state index in [4.69, 9.17) is 15.2 Å². The highest BCUT2D eigenvalue weighted by Gasteiger charge is 2.47. The van der Waals surface area contributed by atoms with Crippen molar-refractivity contribution in [3.8, 4) is 0 Å². The van der Waals surface area contributed by atoms with Crippen molar-refractivity contribution in [2.45, 2.75) is 56.0 Å². The van der Waals surface area contributed by atoms with Gasteiger partial charge >= 0.3 is 15.6 Å². The summed E-state index contributed by atoms with van der Waals surface area (Å²) >= 11 is 0. The fourth-order valence-corrected chi connectivity index (χ4v) is 6.03. The molecule has 218 valence electrons. The molecule has 1 amide bonds. The molecule has 22 heteroatoms. The highest BCUT2D eigenvalue weighted by molar-refractivity contribution is 7.61. The number of amides is 1. The predicted octanol–water partition coefficient (Wildman–Crippen LogP) is -3.14. The Morgan fingerprint density at radius 1 is 1.03 bits per heavy atom. The van der Waals surface area contributed by atoms with Crippen LogP contribution in [0, 0.1) is 0 Å². The number of aliphatic hydroxyl groups is 4. The zero-order chi connectivity index (χ0) is 28.7. The largest absolute Gasteiger partial charge is 0.481 e. The lowest BCUT2D eigenvalue weighted by Gasteiger charge is -2.21. The number of carbonyl (C=O) groups excluding carboxylic acids is 1. The Hall–Kier alpha value is -2.16. The maximum atomic E-state index is 12.3. The number of aromatic nitrogens is 4. The molecule has 2 fully saturated rings. The van der Waals surface area contributed by atoms with Crippen molar-refractivity contribution in [2.75, 3.05) is 18.9 Å². The highest BCUT2D eigenvalue weighted by Crippen LogP contribution is 2.60. The smallest absolute Gasteiger partial charge is 0.388 e. The van der Waals surface area contributed by atoms with E-state index < -0.39 is 83.8 Å². The van der Waals surface area contributed by atoms with Gasteiger partial charge in [-0.25, -0.2) is 24.1 Å². The van der Waals surface area contributed by atoms with Crippen LogP contribution in [0.1, 0.15) is 13.2 Å². The van der Waals surface area contributed by atoms with Gasteiger partial charge in [-0.05, 0) is 0 Å². The summed E-state index contributed by atoms with van der Waals surface area (Å²) in [6, 6.07) is -1.26. The first kappa shape index (κ1) is 29.8. The van der Waals surface area contributed by atoms with Crippen LogP contribution >= 0.6 is 15.6 Å². The number of aliphatic hydroxyl groups excluding tert-OH is 4. The van der Waals surface area contributed by atoms with E-state index in [9.17, 15) is 44.1 Å². The molecule has 0 spiro atoms. The number of rotatable bonds is 10. The zero-order valence-corrected chi connectivity index (χ0v) is 21.7. The molecule has 4 heterocycles. The normalized spacial score (nSPS) is 34.1. The Morgan fingerprint density at radius 2 is 1.64 bits per heavy atom. The van der Waals surface area contributed by atoms with Crippen molar-refractivity contribution in [1.82, 2.24) is 24.8 Å². The molecule has 2 saturated heterocycles. The summed E-state index contributed by atoms with van der Waals surface area (Å²) in [4.78, 5) is 42.7. The van der Waals surface area contributed by atoms with Crippen LogP contribution in [0.4, 0.5) is 5.82 Å². The molecule has 2 aromatic rings. The number of carbonyl (C=O) groups is 1. The third-order valence-electron chi connectivity index (χ3n) is 5.75. The second kappa shape index (κ2) is 11.4. The number of nitrogens with one attached hydrogen (secondary N) is 1. The van der Waals surface area contributed by atoms with E-state index in [1.54, 1.807) is 0 Å². The molecular weight excluding hydrogens is 574 g/mol. The summed E-state index contributed by atoms with van der Waals surface area (Å²) in [5, 5.41) is 42.9. The number of fused-ring (bicyclic) bond motifs is 1. The topological polar surface area (TPSA) is 300 Å². The summed E-state index contributed by atoms with van der Waals surface area (Å²) in [6.45, 7) is -0.659. The third-order valence-corrected chi connectivity index (χ3v) is 8.35. The number of phosphoric acid groups is 2. The number of imidazole rings is 1. The SMILES string of the molecule is CC(=O)NC1C(O)O[C@H](COP(=O)(O)OP(=O)(O)OC[C@@H]2O[C@H](n3cnc4c(N)ncnc43)C(O)C2O)[C@@H]1O. The average Bonchev–Trinajstić information content (AvgIpc) is 3.47. The Balaban J connectivity index is 1.32. The summed E-state index contributed by atoms with van der Waals surface area (Å²) in [5.74, 6) is -0.538. The van der Waals surface area contributed by atoms with E-state index in [0.29, 0.717) is 0 Å². The van der Waals surface area contributed by atoms with Gasteiger partial charge in [0.05, 0.1) is 19.5 Å². The maximum Gasteiger partial charge on any atom is 0.481 e. The van der Waals surface area contributed by atoms with Crippen LogP contribution in [0.2, 0.25) is 0 Å². The monoisotopic (exact) mass is 600 g/mol. The van der Waals surface area contributed by atoms with Gasteiger partial charge in [0.15, 0.2) is 24.0 Å². The van der Waals surface area contributed by atoms with Crippen LogP contribution in [-0.2, 0) is 36.8 Å². The molecule has 6 unspecified atom stereocenters. The fourth-order valence-electron chi connectivity index (χ4n) is 3.94. The van der Waals surface area contributed by atoms with Gasteiger partial charge < -0.3 is 50.7 Å². The number of nitrogens with zero attached hydrogens (tertiary/aromatic N) is 4. The first-order valence-electron chi connectivity index (χ1n) is 11.1. The van der Waals surface area contributed by atoms with E-state index in [-0.39, 0.29) is 17.0 Å². The molecule has 2 aliphatic heterocycles. The molecule has 4 rings (SSSR count). The molecule has 2 aromatic heterocycles. The van der Waals surface area contributed by atoms with Crippen LogP contribution in [0.3, 0.4) is 0 Å². The summed E-state index contributed by atoms with van der Waals surface area (Å²) in [5.41, 5.74) is 6.09. The number of nitrogen functional groups attached to an aromatic ring is 1. The third kappa shape index (κ3) is 6.60. The lowest BCUT2D eigenvalue weighted by atomic mass is 10.1. The van der Waals surface area contributed by atoms with Gasteiger partial charge in [0.2, 0.25) is 5.91 Å². The van der Waals surface area contributed by atoms with Gasteiger partial charge in [-0.3, -0.25) is 18.4 Å². The first-order chi connectivity index (χ1) is 18.2. The molecule has 20 nitrogen and oxygen atoms in total. The van der Waals surface area contributed by atoms with E-state index in [0.717, 1.165) is 13.3 Å². The number of ether oxygens (including phenoxy) is 2. The Kier molecular flexibility index (Phi) is 8.70. The Morgan fingerprint density at radius 3 is 2.26 bits per heavy atom. The van der Waals surface area contributed by atoms with Gasteiger partial charge in [-0.2, -0.15) is 4.31 Å². The minimum absolute atomic E-state index is 0.0541. The number of hydrogen-bond donors (Lipinski definition) is 8. The molecule has 0 saturated carbocycles. The number of phosphoric ester groups is 2. The summed E-state index contributed by atoms with van der Waals surface area (Å²) in [6.07, 6.45) is -8.18. The van der Waals surface area contributed by atoms with Crippen molar-refractivity contribution in [3.05, 3.63) is 12.7 Å². The van der Waals surface area contributed by atoms with E-state index in [1.807, 2.05) is 0 Å². The van der Waals surface area contributed by atoms with Crippen LogP contribution < -0.4 is 11.1 Å². The van der Waals surface area contributed by atoms with Crippen LogP contribution in [0.5, 0.6) is 0 Å². The van der Waals surface area contributed by atoms with Crippen LogP contribution in [0.25, 0.3) is 11.2 Å². The quantitative estimate of drug-likeness (QED) is 0.125. The average molecular weight is 600 g/mol. The molecule has 10 atom stereocenters. The lowest BCUT2D eigenvalue weighted by Crippen LogP contribution is -2.47. The lowest BCUT2D eigenvalue weighted by molar-refractivity contribution is -0.126. The van der Waals surface area contributed by atoms with Crippen molar-refractivity contribution in [2.24, 2.45) is 0 Å². The van der Waals surface area contributed by atoms with Crippen molar-refractivity contribution >= 4 is 38.5 Å². The predicted molar refractivity (Wildman–Crippen MR) is 123 cm³/mol. The van der Waals surface area contributed by atoms with E-state index in [2.05, 4.69) is 33.6 Å². The van der Waals surface area contributed by atoms with Gasteiger partial charge in [-0.15, -0.1) is 0 Å². The standard InChI is InChI=1S/C17H26N6O14P2/c1-6(24)22-9-11(25)7(36-17(9)28)2-33-38(29,30)37-39(31,32)34-3-8-12(26)13(27)16(35-8)23-5-21-10-14(18)19-4-20-15(10)23/h4-5,7-9,11-13,16-17,25-28H,2-3H2,1H3,(H,22,24)(H,29,30)(H,31,32)(H2,18,19,20)/t7-,8+,9?,11+,12?,13?,16+,17?/m1/s1. The zero-order valence-electron chi connectivity index (χ0n) is 19.9. The van der Waals surface area contributed by atoms with Crippen LogP contribution in [0.15, 0.2) is 12.7 Å². The highest BCUT2D eigenvalue weighted by atomic mass is 31.3. The van der Waals surface area contributed by atoms with Crippen LogP contribution in [-0.4, -0.2) is 112 Å². The number of anilines is 1. The van der Waals surface area contributed by atoms with Crippen molar-refractivity contribution < 1.29 is 67.0 Å². The molecule has 0 bridgehead atoms. The van der Waals surface area contributed by atoms with Gasteiger partial charge in [0, 0.05) is 6.92 Å². The molecule has 0 aromatic carbocycles. The summed E-state index contributed by atoms with van der Waals surface area (Å²) in [7, 11) is -10.7. The van der Waals surface area contributed by atoms with E-state index in [1.165, 1.54) is 10.9 Å². The fraction of sp³-hybridized carbons (Fsp3) is 0.647. The molecule has 9 N–H and O–H groups in total. The van der Waals surface area contributed by atoms with Gasteiger partial charge in [-0.1, -0.05) is 0 Å². The molecular formula is C17H26N6O14P2. The maximum absolute atomic E-state index is 12.3. The Bertz CT molecular complexity index is 1300. The van der Waals surface area contributed by atoms with Gasteiger partial charge in [0.1, 0.15) is 48.4 Å². The second-order valence-electron chi connectivity index (χ2n) is 8.52. The molecule has 0 radical (unpaired) electrons. The molecule has 39 heavy (non-hydrogen) atoms. The number of hydrogen-bond acceptors (Lipinski definition) is 16. The first-order valence-corrected chi connectivity index (χ1v) is 14.1. The number of nitrogens with two attached hydrogens (primary N) is 1. The van der Waals surface area contributed by atoms with Crippen molar-refractivity contribution in [3.63, 3.8) is 0 Å². The molecule has 0 aliphatic carbocycles.